The van der Waals surface area contributed by atoms with E-state index in [2.05, 4.69) is 15.0 Å². The third kappa shape index (κ3) is 6.98. The van der Waals surface area contributed by atoms with Gasteiger partial charge in [-0.1, -0.05) is 6.07 Å². The number of halogens is 4. The summed E-state index contributed by atoms with van der Waals surface area (Å²) in [6, 6.07) is 10.7. The minimum atomic E-state index is -4.74. The Morgan fingerprint density at radius 2 is 1.80 bits per heavy atom. The number of anilines is 1. The van der Waals surface area contributed by atoms with Gasteiger partial charge in [0.2, 0.25) is 0 Å². The van der Waals surface area contributed by atoms with E-state index in [0.29, 0.717) is 11.4 Å². The summed E-state index contributed by atoms with van der Waals surface area (Å²) < 4.78 is 58.2. The average Bonchev–Trinajstić information content (AvgIpc) is 2.52. The van der Waals surface area contributed by atoms with Crippen LogP contribution in [0.5, 0.6) is 11.5 Å². The first-order valence-corrected chi connectivity index (χ1v) is 7.13. The summed E-state index contributed by atoms with van der Waals surface area (Å²) in [6.07, 6.45) is -4.74. The number of alkyl halides is 3. The molecule has 3 N–H and O–H groups in total. The monoisotopic (exact) mass is 357 g/mol. The van der Waals surface area contributed by atoms with Crippen LogP contribution in [-0.2, 0) is 0 Å². The topological polar surface area (TPSA) is 68.9 Å². The molecule has 0 bridgehead atoms. The fourth-order valence-electron chi connectivity index (χ4n) is 1.81. The van der Waals surface area contributed by atoms with Crippen LogP contribution in [0.1, 0.15) is 0 Å². The normalized spacial score (nSPS) is 11.9. The second kappa shape index (κ2) is 8.22. The van der Waals surface area contributed by atoms with Crippen molar-refractivity contribution in [2.24, 2.45) is 10.7 Å². The molecule has 2 aromatic rings. The van der Waals surface area contributed by atoms with Gasteiger partial charge >= 0.3 is 6.36 Å². The molecule has 9 heteroatoms. The van der Waals surface area contributed by atoms with E-state index in [1.807, 2.05) is 0 Å². The van der Waals surface area contributed by atoms with Gasteiger partial charge in [0.1, 0.15) is 23.9 Å². The Labute approximate surface area is 141 Å². The number of nitrogens with one attached hydrogen (secondary N) is 1. The molecule has 0 heterocycles. The van der Waals surface area contributed by atoms with E-state index >= 15 is 0 Å². The molecule has 2 rings (SSSR count). The number of aliphatic imine (C=N–C) groups is 1. The lowest BCUT2D eigenvalue weighted by atomic mass is 10.3. The molecule has 0 saturated heterocycles. The zero-order valence-corrected chi connectivity index (χ0v) is 12.9. The van der Waals surface area contributed by atoms with Crippen LogP contribution in [-0.4, -0.2) is 25.5 Å². The Balaban J connectivity index is 1.78. The molecule has 0 radical (unpaired) electrons. The molecule has 0 spiro atoms. The molecule has 0 unspecified atom stereocenters. The van der Waals surface area contributed by atoms with Gasteiger partial charge in [0.25, 0.3) is 0 Å². The maximum atomic E-state index is 13.0. The first-order chi connectivity index (χ1) is 11.8. The number of nitrogens with zero attached hydrogens (tertiary/aromatic N) is 1. The number of nitrogens with two attached hydrogens (primary N) is 1. The van der Waals surface area contributed by atoms with Gasteiger partial charge in [-0.25, -0.2) is 9.38 Å². The molecule has 2 aromatic carbocycles. The van der Waals surface area contributed by atoms with Crippen molar-refractivity contribution in [3.05, 3.63) is 54.3 Å². The number of rotatable bonds is 6. The number of ether oxygens (including phenoxy) is 2. The highest BCUT2D eigenvalue weighted by Gasteiger charge is 2.30. The Kier molecular flexibility index (Phi) is 6.04. The number of benzene rings is 2. The number of hydrogen-bond donors (Lipinski definition) is 2. The molecule has 25 heavy (non-hydrogen) atoms. The Bertz CT molecular complexity index is 718. The second-order valence-electron chi connectivity index (χ2n) is 4.77. The van der Waals surface area contributed by atoms with Crippen LogP contribution in [0.2, 0.25) is 0 Å². The van der Waals surface area contributed by atoms with E-state index in [1.165, 1.54) is 30.3 Å². The van der Waals surface area contributed by atoms with Gasteiger partial charge < -0.3 is 20.5 Å². The molecular formula is C16H15F4N3O2. The summed E-state index contributed by atoms with van der Waals surface area (Å²) in [4.78, 5) is 3.99. The van der Waals surface area contributed by atoms with Crippen LogP contribution in [0.25, 0.3) is 0 Å². The molecule has 0 fully saturated rings. The third-order valence-corrected chi connectivity index (χ3v) is 2.80. The molecule has 0 atom stereocenters. The maximum Gasteiger partial charge on any atom is 0.573 e. The molecule has 0 saturated carbocycles. The first kappa shape index (κ1) is 18.4. The molecule has 0 aromatic heterocycles. The lowest BCUT2D eigenvalue weighted by Gasteiger charge is -2.10. The zero-order valence-electron chi connectivity index (χ0n) is 12.9. The van der Waals surface area contributed by atoms with Crippen molar-refractivity contribution in [2.75, 3.05) is 18.5 Å². The van der Waals surface area contributed by atoms with Crippen LogP contribution in [0.4, 0.5) is 23.2 Å². The van der Waals surface area contributed by atoms with Crippen LogP contribution in [0.3, 0.4) is 0 Å². The van der Waals surface area contributed by atoms with Crippen molar-refractivity contribution in [2.45, 2.75) is 6.36 Å². The van der Waals surface area contributed by atoms with E-state index < -0.39 is 12.2 Å². The van der Waals surface area contributed by atoms with Crippen LogP contribution in [0.15, 0.2) is 53.5 Å². The number of guanidine groups is 1. The summed E-state index contributed by atoms with van der Waals surface area (Å²) in [5, 5.41) is 2.72. The summed E-state index contributed by atoms with van der Waals surface area (Å²) in [6.45, 7) is 0.398. The molecule has 0 aliphatic carbocycles. The minimum absolute atomic E-state index is 0.0623. The lowest BCUT2D eigenvalue weighted by Crippen LogP contribution is -2.23. The molecule has 0 amide bonds. The highest BCUT2D eigenvalue weighted by atomic mass is 19.4. The molecule has 0 aliphatic heterocycles. The molecular weight excluding hydrogens is 342 g/mol. The second-order valence-corrected chi connectivity index (χ2v) is 4.77. The highest BCUT2D eigenvalue weighted by molar-refractivity contribution is 5.92. The predicted octanol–water partition coefficient (Wildman–Crippen LogP) is 3.53. The van der Waals surface area contributed by atoms with Crippen molar-refractivity contribution in [1.29, 1.82) is 0 Å². The fraction of sp³-hybridized carbons (Fsp3) is 0.188. The van der Waals surface area contributed by atoms with Gasteiger partial charge in [0.05, 0.1) is 6.54 Å². The van der Waals surface area contributed by atoms with E-state index in [-0.39, 0.29) is 24.9 Å². The average molecular weight is 357 g/mol. The summed E-state index contributed by atoms with van der Waals surface area (Å²) >= 11 is 0. The van der Waals surface area contributed by atoms with Gasteiger partial charge in [-0.15, -0.1) is 13.2 Å². The largest absolute Gasteiger partial charge is 0.573 e. The maximum absolute atomic E-state index is 13.0. The molecule has 0 aliphatic rings. The standard InChI is InChI=1S/C16H15F4N3O2/c17-11-2-1-3-14(10-11)24-9-8-22-15(21)23-12-4-6-13(7-5-12)25-16(18,19)20/h1-7,10H,8-9H2,(H3,21,22,23). The van der Waals surface area contributed by atoms with Crippen molar-refractivity contribution in [1.82, 2.24) is 0 Å². The van der Waals surface area contributed by atoms with E-state index in [4.69, 9.17) is 10.5 Å². The van der Waals surface area contributed by atoms with Crippen LogP contribution >= 0.6 is 0 Å². The van der Waals surface area contributed by atoms with Crippen molar-refractivity contribution < 1.29 is 27.0 Å². The summed E-state index contributed by atoms with van der Waals surface area (Å²) in [7, 11) is 0. The minimum Gasteiger partial charge on any atom is -0.492 e. The Morgan fingerprint density at radius 1 is 1.08 bits per heavy atom. The van der Waals surface area contributed by atoms with E-state index in [0.717, 1.165) is 12.1 Å². The lowest BCUT2D eigenvalue weighted by molar-refractivity contribution is -0.274. The first-order valence-electron chi connectivity index (χ1n) is 7.13. The Morgan fingerprint density at radius 3 is 2.44 bits per heavy atom. The van der Waals surface area contributed by atoms with Gasteiger partial charge in [-0.2, -0.15) is 0 Å². The highest BCUT2D eigenvalue weighted by Crippen LogP contribution is 2.23. The molecule has 5 nitrogen and oxygen atoms in total. The third-order valence-electron chi connectivity index (χ3n) is 2.80. The van der Waals surface area contributed by atoms with Crippen LogP contribution in [0, 0.1) is 5.82 Å². The van der Waals surface area contributed by atoms with E-state index in [1.54, 1.807) is 6.07 Å². The smallest absolute Gasteiger partial charge is 0.492 e. The van der Waals surface area contributed by atoms with Gasteiger partial charge in [0.15, 0.2) is 5.96 Å². The SMILES string of the molecule is NC(=NCCOc1cccc(F)c1)Nc1ccc(OC(F)(F)F)cc1. The van der Waals surface area contributed by atoms with Gasteiger partial charge in [-0.3, -0.25) is 0 Å². The van der Waals surface area contributed by atoms with Crippen molar-refractivity contribution in [3.8, 4) is 11.5 Å². The summed E-state index contributed by atoms with van der Waals surface area (Å²) in [5.74, 6) is -0.300. The van der Waals surface area contributed by atoms with Gasteiger partial charge in [0, 0.05) is 11.8 Å². The summed E-state index contributed by atoms with van der Waals surface area (Å²) in [5.41, 5.74) is 6.11. The quantitative estimate of drug-likeness (QED) is 0.359. The van der Waals surface area contributed by atoms with E-state index in [9.17, 15) is 17.6 Å². The predicted molar refractivity (Wildman–Crippen MR) is 85.1 cm³/mol. The fourth-order valence-corrected chi connectivity index (χ4v) is 1.81. The number of hydrogen-bond acceptors (Lipinski definition) is 3. The van der Waals surface area contributed by atoms with Crippen LogP contribution < -0.4 is 20.5 Å². The zero-order chi connectivity index (χ0) is 18.3. The Hall–Kier alpha value is -2.97. The molecule has 134 valence electrons. The van der Waals surface area contributed by atoms with Crippen molar-refractivity contribution >= 4 is 11.6 Å². The van der Waals surface area contributed by atoms with Gasteiger partial charge in [-0.05, 0) is 36.4 Å². The van der Waals surface area contributed by atoms with Crippen molar-refractivity contribution in [3.63, 3.8) is 0 Å².